The Bertz CT molecular complexity index is 376. The summed E-state index contributed by atoms with van der Waals surface area (Å²) in [5, 5.41) is 12.1. The molecule has 0 atom stereocenters. The van der Waals surface area contributed by atoms with E-state index in [1.807, 2.05) is 13.8 Å². The van der Waals surface area contributed by atoms with E-state index in [1.54, 1.807) is 0 Å². The van der Waals surface area contributed by atoms with E-state index in [2.05, 4.69) is 20.0 Å². The Kier molecular flexibility index (Phi) is 4.39. The SMILES string of the molecule is COC(=O)c1cnc(NCC(C)(C)CO)cn1. The Labute approximate surface area is 100 Å². The first-order chi connectivity index (χ1) is 7.98. The predicted octanol–water partition coefficient (Wildman–Crippen LogP) is 0.694. The van der Waals surface area contributed by atoms with E-state index in [4.69, 9.17) is 5.11 Å². The van der Waals surface area contributed by atoms with Crippen molar-refractivity contribution in [2.75, 3.05) is 25.6 Å². The molecule has 17 heavy (non-hydrogen) atoms. The molecule has 0 saturated heterocycles. The average Bonchev–Trinajstić information content (AvgIpc) is 2.36. The van der Waals surface area contributed by atoms with Gasteiger partial charge in [0.1, 0.15) is 5.82 Å². The van der Waals surface area contributed by atoms with Crippen molar-refractivity contribution in [1.82, 2.24) is 9.97 Å². The number of rotatable bonds is 5. The highest BCUT2D eigenvalue weighted by atomic mass is 16.5. The number of aromatic nitrogens is 2. The van der Waals surface area contributed by atoms with Crippen molar-refractivity contribution in [2.45, 2.75) is 13.8 Å². The largest absolute Gasteiger partial charge is 0.464 e. The third kappa shape index (κ3) is 3.99. The minimum absolute atomic E-state index is 0.0771. The van der Waals surface area contributed by atoms with Gasteiger partial charge in [-0.15, -0.1) is 0 Å². The zero-order chi connectivity index (χ0) is 12.9. The van der Waals surface area contributed by atoms with Crippen LogP contribution in [-0.2, 0) is 4.74 Å². The van der Waals surface area contributed by atoms with Crippen LogP contribution in [0.4, 0.5) is 5.82 Å². The molecule has 0 saturated carbocycles. The van der Waals surface area contributed by atoms with Gasteiger partial charge in [0.25, 0.3) is 0 Å². The number of methoxy groups -OCH3 is 1. The maximum atomic E-state index is 11.1. The topological polar surface area (TPSA) is 84.3 Å². The Morgan fingerprint density at radius 2 is 2.18 bits per heavy atom. The lowest BCUT2D eigenvalue weighted by atomic mass is 9.95. The standard InChI is InChI=1S/C11H17N3O3/c1-11(2,7-15)6-14-9-5-12-8(4-13-9)10(16)17-3/h4-5,15H,6-7H2,1-3H3,(H,13,14). The zero-order valence-electron chi connectivity index (χ0n) is 10.2. The monoisotopic (exact) mass is 239 g/mol. The molecule has 0 spiro atoms. The van der Waals surface area contributed by atoms with Gasteiger partial charge in [0.2, 0.25) is 0 Å². The molecule has 0 fully saturated rings. The first-order valence-corrected chi connectivity index (χ1v) is 5.23. The number of aliphatic hydroxyl groups is 1. The number of anilines is 1. The summed E-state index contributed by atoms with van der Waals surface area (Å²) in [5.41, 5.74) is -0.0673. The molecule has 2 N–H and O–H groups in total. The van der Waals surface area contributed by atoms with Crippen LogP contribution in [0.2, 0.25) is 0 Å². The minimum Gasteiger partial charge on any atom is -0.464 e. The van der Waals surface area contributed by atoms with E-state index in [-0.39, 0.29) is 17.7 Å². The molecule has 6 nitrogen and oxygen atoms in total. The number of esters is 1. The van der Waals surface area contributed by atoms with Crippen LogP contribution in [0, 0.1) is 5.41 Å². The first-order valence-electron chi connectivity index (χ1n) is 5.23. The van der Waals surface area contributed by atoms with Crippen LogP contribution in [0.5, 0.6) is 0 Å². The lowest BCUT2D eigenvalue weighted by Gasteiger charge is -2.21. The van der Waals surface area contributed by atoms with Crippen molar-refractivity contribution in [3.05, 3.63) is 18.1 Å². The fourth-order valence-electron chi connectivity index (χ4n) is 1.02. The molecule has 1 rings (SSSR count). The maximum absolute atomic E-state index is 11.1. The van der Waals surface area contributed by atoms with Crippen molar-refractivity contribution < 1.29 is 14.6 Å². The summed E-state index contributed by atoms with van der Waals surface area (Å²) >= 11 is 0. The summed E-state index contributed by atoms with van der Waals surface area (Å²) in [4.78, 5) is 19.1. The third-order valence-corrected chi connectivity index (χ3v) is 2.22. The molecule has 6 heteroatoms. The molecule has 1 aromatic heterocycles. The fraction of sp³-hybridized carbons (Fsp3) is 0.545. The van der Waals surface area contributed by atoms with E-state index in [0.717, 1.165) is 0 Å². The van der Waals surface area contributed by atoms with Crippen LogP contribution in [-0.4, -0.2) is 41.3 Å². The van der Waals surface area contributed by atoms with Crippen LogP contribution in [0.25, 0.3) is 0 Å². The van der Waals surface area contributed by atoms with E-state index in [1.165, 1.54) is 19.5 Å². The molecular formula is C11H17N3O3. The number of nitrogens with zero attached hydrogens (tertiary/aromatic N) is 2. The molecule has 0 radical (unpaired) electrons. The van der Waals surface area contributed by atoms with Crippen LogP contribution < -0.4 is 5.32 Å². The summed E-state index contributed by atoms with van der Waals surface area (Å²) in [7, 11) is 1.29. The number of carbonyl (C=O) groups excluding carboxylic acids is 1. The van der Waals surface area contributed by atoms with E-state index >= 15 is 0 Å². The lowest BCUT2D eigenvalue weighted by Crippen LogP contribution is -2.27. The predicted molar refractivity (Wildman–Crippen MR) is 62.7 cm³/mol. The van der Waals surface area contributed by atoms with Crippen molar-refractivity contribution >= 4 is 11.8 Å². The van der Waals surface area contributed by atoms with Crippen molar-refractivity contribution in [1.29, 1.82) is 0 Å². The minimum atomic E-state index is -0.514. The molecule has 94 valence electrons. The summed E-state index contributed by atoms with van der Waals surface area (Å²) in [6.45, 7) is 4.50. The molecule has 0 aliphatic carbocycles. The van der Waals surface area contributed by atoms with Gasteiger partial charge in [-0.2, -0.15) is 0 Å². The second kappa shape index (κ2) is 5.58. The van der Waals surface area contributed by atoms with Crippen LogP contribution >= 0.6 is 0 Å². The Balaban J connectivity index is 2.60. The number of hydrogen-bond acceptors (Lipinski definition) is 6. The van der Waals surface area contributed by atoms with Gasteiger partial charge in [0.15, 0.2) is 5.69 Å². The molecule has 0 amide bonds. The van der Waals surface area contributed by atoms with Gasteiger partial charge in [-0.1, -0.05) is 13.8 Å². The number of nitrogens with one attached hydrogen (secondary N) is 1. The normalized spacial score (nSPS) is 11.1. The Morgan fingerprint density at radius 1 is 1.47 bits per heavy atom. The number of ether oxygens (including phenoxy) is 1. The van der Waals surface area contributed by atoms with Crippen LogP contribution in [0.1, 0.15) is 24.3 Å². The fourth-order valence-corrected chi connectivity index (χ4v) is 1.02. The highest BCUT2D eigenvalue weighted by Gasteiger charge is 2.16. The summed E-state index contributed by atoms with van der Waals surface area (Å²) in [5.74, 6) is 0.0407. The second-order valence-electron chi connectivity index (χ2n) is 4.45. The van der Waals surface area contributed by atoms with Gasteiger partial charge in [0, 0.05) is 18.6 Å². The number of hydrogen-bond donors (Lipinski definition) is 2. The summed E-state index contributed by atoms with van der Waals surface area (Å²) < 4.78 is 4.51. The van der Waals surface area contributed by atoms with Gasteiger partial charge in [-0.3, -0.25) is 0 Å². The van der Waals surface area contributed by atoms with Gasteiger partial charge in [-0.25, -0.2) is 14.8 Å². The van der Waals surface area contributed by atoms with Gasteiger partial charge in [-0.05, 0) is 0 Å². The van der Waals surface area contributed by atoms with Crippen molar-refractivity contribution in [3.8, 4) is 0 Å². The van der Waals surface area contributed by atoms with Gasteiger partial charge >= 0.3 is 5.97 Å². The first kappa shape index (κ1) is 13.4. The Morgan fingerprint density at radius 3 is 2.65 bits per heavy atom. The Hall–Kier alpha value is -1.69. The van der Waals surface area contributed by atoms with Crippen molar-refractivity contribution in [2.24, 2.45) is 5.41 Å². The van der Waals surface area contributed by atoms with E-state index < -0.39 is 5.97 Å². The van der Waals surface area contributed by atoms with Crippen LogP contribution in [0.15, 0.2) is 12.4 Å². The third-order valence-electron chi connectivity index (χ3n) is 2.22. The number of carbonyl (C=O) groups is 1. The average molecular weight is 239 g/mol. The highest BCUT2D eigenvalue weighted by Crippen LogP contribution is 2.14. The second-order valence-corrected chi connectivity index (χ2v) is 4.45. The molecule has 0 bridgehead atoms. The highest BCUT2D eigenvalue weighted by molar-refractivity contribution is 5.86. The summed E-state index contributed by atoms with van der Waals surface area (Å²) in [6.07, 6.45) is 2.81. The van der Waals surface area contributed by atoms with Crippen molar-refractivity contribution in [3.63, 3.8) is 0 Å². The molecule has 0 aliphatic heterocycles. The molecule has 1 heterocycles. The van der Waals surface area contributed by atoms with E-state index in [0.29, 0.717) is 12.4 Å². The lowest BCUT2D eigenvalue weighted by molar-refractivity contribution is 0.0593. The molecular weight excluding hydrogens is 222 g/mol. The zero-order valence-corrected chi connectivity index (χ0v) is 10.2. The quantitative estimate of drug-likeness (QED) is 0.735. The molecule has 1 aromatic rings. The molecule has 0 unspecified atom stereocenters. The van der Waals surface area contributed by atoms with E-state index in [9.17, 15) is 4.79 Å². The van der Waals surface area contributed by atoms with Gasteiger partial charge in [0.05, 0.1) is 19.5 Å². The molecule has 0 aliphatic rings. The van der Waals surface area contributed by atoms with Gasteiger partial charge < -0.3 is 15.2 Å². The van der Waals surface area contributed by atoms with Crippen LogP contribution in [0.3, 0.4) is 0 Å². The summed E-state index contributed by atoms with van der Waals surface area (Å²) in [6, 6.07) is 0. The number of aliphatic hydroxyl groups excluding tert-OH is 1. The maximum Gasteiger partial charge on any atom is 0.358 e. The smallest absolute Gasteiger partial charge is 0.358 e. The molecule has 0 aromatic carbocycles.